The van der Waals surface area contributed by atoms with Gasteiger partial charge in [0.25, 0.3) is 0 Å². The third-order valence-electron chi connectivity index (χ3n) is 3.56. The van der Waals surface area contributed by atoms with Gasteiger partial charge in [-0.1, -0.05) is 18.2 Å². The van der Waals surface area contributed by atoms with Crippen LogP contribution in [0.15, 0.2) is 24.3 Å². The van der Waals surface area contributed by atoms with Crippen LogP contribution in [0.1, 0.15) is 24.5 Å². The van der Waals surface area contributed by atoms with Crippen molar-refractivity contribution in [3.63, 3.8) is 0 Å². The maximum atomic E-state index is 13.5. The average Bonchev–Trinajstić information content (AvgIpc) is 2.40. The number of nitrogens with zero attached hydrogens (tertiary/aromatic N) is 1. The molecule has 1 N–H and O–H groups in total. The second-order valence-electron chi connectivity index (χ2n) is 4.77. The van der Waals surface area contributed by atoms with Crippen LogP contribution in [0.5, 0.6) is 0 Å². The summed E-state index contributed by atoms with van der Waals surface area (Å²) in [5.74, 6) is -0.336. The summed E-state index contributed by atoms with van der Waals surface area (Å²) >= 11 is 0. The largest absolute Gasteiger partial charge is 0.387 e. The van der Waals surface area contributed by atoms with Crippen LogP contribution in [-0.2, 0) is 4.74 Å². The molecule has 0 radical (unpaired) electrons. The number of likely N-dealkylation sites (tertiary alicyclic amines) is 1. The van der Waals surface area contributed by atoms with Gasteiger partial charge in [0, 0.05) is 32.3 Å². The summed E-state index contributed by atoms with van der Waals surface area (Å²) in [6, 6.07) is 6.41. The monoisotopic (exact) mass is 253 g/mol. The molecule has 1 aliphatic rings. The fourth-order valence-corrected chi connectivity index (χ4v) is 2.42. The molecule has 0 saturated carbocycles. The summed E-state index contributed by atoms with van der Waals surface area (Å²) < 4.78 is 18.8. The quantitative estimate of drug-likeness (QED) is 0.890. The molecule has 18 heavy (non-hydrogen) atoms. The number of hydrogen-bond donors (Lipinski definition) is 1. The van der Waals surface area contributed by atoms with Crippen molar-refractivity contribution in [3.05, 3.63) is 35.6 Å². The Morgan fingerprint density at radius 1 is 1.39 bits per heavy atom. The number of rotatable bonds is 4. The van der Waals surface area contributed by atoms with Crippen molar-refractivity contribution >= 4 is 0 Å². The van der Waals surface area contributed by atoms with Crippen LogP contribution < -0.4 is 0 Å². The molecule has 1 fully saturated rings. The molecule has 100 valence electrons. The van der Waals surface area contributed by atoms with E-state index in [0.717, 1.165) is 25.9 Å². The van der Waals surface area contributed by atoms with Gasteiger partial charge in [-0.25, -0.2) is 4.39 Å². The van der Waals surface area contributed by atoms with Crippen LogP contribution in [0, 0.1) is 5.82 Å². The van der Waals surface area contributed by atoms with Gasteiger partial charge in [0.1, 0.15) is 5.82 Å². The number of aliphatic hydroxyl groups excluding tert-OH is 1. The Balaban J connectivity index is 1.89. The molecule has 3 nitrogen and oxygen atoms in total. The fraction of sp³-hybridized carbons (Fsp3) is 0.571. The summed E-state index contributed by atoms with van der Waals surface area (Å²) in [6.45, 7) is 2.27. The van der Waals surface area contributed by atoms with Crippen molar-refractivity contribution in [2.75, 3.05) is 26.7 Å². The zero-order valence-corrected chi connectivity index (χ0v) is 10.7. The van der Waals surface area contributed by atoms with Crippen molar-refractivity contribution in [2.24, 2.45) is 0 Å². The maximum Gasteiger partial charge on any atom is 0.129 e. The number of halogens is 1. The first-order chi connectivity index (χ1) is 8.70. The number of β-amino-alcohol motifs (C(OH)–C–C–N with tert-alkyl or cyclic N) is 1. The minimum atomic E-state index is -0.759. The highest BCUT2D eigenvalue weighted by molar-refractivity contribution is 5.20. The molecule has 0 aromatic heterocycles. The van der Waals surface area contributed by atoms with Crippen LogP contribution in [0.25, 0.3) is 0 Å². The highest BCUT2D eigenvalue weighted by atomic mass is 19.1. The van der Waals surface area contributed by atoms with E-state index in [2.05, 4.69) is 4.90 Å². The van der Waals surface area contributed by atoms with Gasteiger partial charge in [0.15, 0.2) is 0 Å². The van der Waals surface area contributed by atoms with Crippen LogP contribution in [0.2, 0.25) is 0 Å². The van der Waals surface area contributed by atoms with Crippen LogP contribution in [0.4, 0.5) is 4.39 Å². The molecule has 1 atom stereocenters. The van der Waals surface area contributed by atoms with E-state index in [-0.39, 0.29) is 5.82 Å². The summed E-state index contributed by atoms with van der Waals surface area (Å²) in [5, 5.41) is 10.1. The third-order valence-corrected chi connectivity index (χ3v) is 3.56. The molecule has 1 unspecified atom stereocenters. The molecule has 2 rings (SSSR count). The van der Waals surface area contributed by atoms with Crippen LogP contribution in [0.3, 0.4) is 0 Å². The smallest absolute Gasteiger partial charge is 0.129 e. The van der Waals surface area contributed by atoms with Gasteiger partial charge in [0.2, 0.25) is 0 Å². The van der Waals surface area contributed by atoms with E-state index < -0.39 is 6.10 Å². The molecule has 0 amide bonds. The molecule has 0 bridgehead atoms. The van der Waals surface area contributed by atoms with Crippen LogP contribution >= 0.6 is 0 Å². The van der Waals surface area contributed by atoms with Crippen molar-refractivity contribution in [1.82, 2.24) is 4.90 Å². The number of methoxy groups -OCH3 is 1. The molecule has 1 aromatic rings. The molecule has 4 heteroatoms. The van der Waals surface area contributed by atoms with Crippen molar-refractivity contribution < 1.29 is 14.2 Å². The summed E-state index contributed by atoms with van der Waals surface area (Å²) in [4.78, 5) is 2.16. The Kier molecular flexibility index (Phi) is 4.69. The second-order valence-corrected chi connectivity index (χ2v) is 4.77. The lowest BCUT2D eigenvalue weighted by molar-refractivity contribution is 0.0237. The summed E-state index contributed by atoms with van der Waals surface area (Å²) in [7, 11) is 1.73. The van der Waals surface area contributed by atoms with E-state index >= 15 is 0 Å². The highest BCUT2D eigenvalue weighted by Crippen LogP contribution is 2.20. The van der Waals surface area contributed by atoms with E-state index in [9.17, 15) is 9.50 Å². The molecule has 1 aliphatic heterocycles. The minimum absolute atomic E-state index is 0.326. The van der Waals surface area contributed by atoms with E-state index in [0.29, 0.717) is 18.2 Å². The third kappa shape index (κ3) is 3.28. The van der Waals surface area contributed by atoms with Crippen LogP contribution in [-0.4, -0.2) is 42.9 Å². The molecule has 0 aliphatic carbocycles. The van der Waals surface area contributed by atoms with Gasteiger partial charge in [-0.05, 0) is 18.9 Å². The van der Waals surface area contributed by atoms with E-state index in [1.165, 1.54) is 6.07 Å². The minimum Gasteiger partial charge on any atom is -0.387 e. The first-order valence-electron chi connectivity index (χ1n) is 6.38. The number of ether oxygens (including phenoxy) is 1. The Labute approximate surface area is 107 Å². The maximum absolute atomic E-state index is 13.5. The number of piperidine rings is 1. The Morgan fingerprint density at radius 2 is 2.06 bits per heavy atom. The number of hydrogen-bond acceptors (Lipinski definition) is 3. The second kappa shape index (κ2) is 6.27. The topological polar surface area (TPSA) is 32.7 Å². The first-order valence-corrected chi connectivity index (χ1v) is 6.38. The lowest BCUT2D eigenvalue weighted by Gasteiger charge is -2.32. The molecule has 0 spiro atoms. The van der Waals surface area contributed by atoms with Gasteiger partial charge in [-0.15, -0.1) is 0 Å². The summed E-state index contributed by atoms with van der Waals surface area (Å²) in [6.07, 6.45) is 1.51. The Morgan fingerprint density at radius 3 is 2.67 bits per heavy atom. The van der Waals surface area contributed by atoms with Crippen molar-refractivity contribution in [2.45, 2.75) is 25.0 Å². The molecule has 1 heterocycles. The fourth-order valence-electron chi connectivity index (χ4n) is 2.42. The highest BCUT2D eigenvalue weighted by Gasteiger charge is 2.22. The summed E-state index contributed by atoms with van der Waals surface area (Å²) in [5.41, 5.74) is 0.381. The van der Waals surface area contributed by atoms with Gasteiger partial charge in [-0.2, -0.15) is 0 Å². The van der Waals surface area contributed by atoms with Crippen molar-refractivity contribution in [3.8, 4) is 0 Å². The van der Waals surface area contributed by atoms with Gasteiger partial charge in [0.05, 0.1) is 12.2 Å². The molecule has 1 saturated heterocycles. The van der Waals surface area contributed by atoms with E-state index in [1.807, 2.05) is 0 Å². The molecule has 1 aromatic carbocycles. The van der Waals surface area contributed by atoms with E-state index in [4.69, 9.17) is 4.74 Å². The first kappa shape index (κ1) is 13.5. The zero-order chi connectivity index (χ0) is 13.0. The zero-order valence-electron chi connectivity index (χ0n) is 10.7. The Hall–Kier alpha value is -0.970. The average molecular weight is 253 g/mol. The standard InChI is InChI=1S/C14H20FNO2/c1-18-11-6-8-16(9-7-11)10-14(17)12-4-2-3-5-13(12)15/h2-5,11,14,17H,6-10H2,1H3. The number of benzene rings is 1. The predicted octanol–water partition coefficient (Wildman–Crippen LogP) is 1.97. The predicted molar refractivity (Wildman–Crippen MR) is 67.8 cm³/mol. The lowest BCUT2D eigenvalue weighted by Crippen LogP contribution is -2.39. The van der Waals surface area contributed by atoms with Gasteiger partial charge < -0.3 is 14.7 Å². The molecular weight excluding hydrogens is 233 g/mol. The van der Waals surface area contributed by atoms with Crippen molar-refractivity contribution in [1.29, 1.82) is 0 Å². The van der Waals surface area contributed by atoms with E-state index in [1.54, 1.807) is 25.3 Å². The number of aliphatic hydroxyl groups is 1. The Bertz CT molecular complexity index is 378. The molecular formula is C14H20FNO2. The van der Waals surface area contributed by atoms with Gasteiger partial charge in [-0.3, -0.25) is 0 Å². The SMILES string of the molecule is COC1CCN(CC(O)c2ccccc2F)CC1. The normalized spacial score (nSPS) is 19.9. The lowest BCUT2D eigenvalue weighted by atomic mass is 10.0. The van der Waals surface area contributed by atoms with Gasteiger partial charge >= 0.3 is 0 Å².